The molecule has 0 amide bonds. The lowest BCUT2D eigenvalue weighted by Crippen LogP contribution is -1.95. The molecule has 0 aliphatic heterocycles. The Kier molecular flexibility index (Phi) is 3.33. The maximum absolute atomic E-state index is 13.5. The average molecular weight is 308 g/mol. The van der Waals surface area contributed by atoms with Crippen molar-refractivity contribution in [3.8, 4) is 16.4 Å². The highest BCUT2D eigenvalue weighted by Crippen LogP contribution is 2.25. The van der Waals surface area contributed by atoms with E-state index >= 15 is 0 Å². The highest BCUT2D eigenvalue weighted by molar-refractivity contribution is 7.13. The third-order valence-electron chi connectivity index (χ3n) is 2.67. The minimum atomic E-state index is -0.539. The minimum Gasteiger partial charge on any atom is -0.298 e. The smallest absolute Gasteiger partial charge is 0.153 e. The molecule has 100 valence electrons. The molecule has 0 saturated heterocycles. The van der Waals surface area contributed by atoms with Crippen molar-refractivity contribution in [2.75, 3.05) is 0 Å². The van der Waals surface area contributed by atoms with Gasteiger partial charge in [0.15, 0.2) is 6.29 Å². The number of benzene rings is 1. The van der Waals surface area contributed by atoms with Gasteiger partial charge in [-0.1, -0.05) is 11.6 Å². The van der Waals surface area contributed by atoms with Crippen molar-refractivity contribution >= 4 is 29.2 Å². The number of hydrogen-bond acceptors (Lipinski definition) is 4. The zero-order valence-corrected chi connectivity index (χ0v) is 11.5. The summed E-state index contributed by atoms with van der Waals surface area (Å²) in [4.78, 5) is 15.2. The Morgan fingerprint density at radius 3 is 2.90 bits per heavy atom. The third kappa shape index (κ3) is 2.23. The first-order chi connectivity index (χ1) is 9.69. The number of nitrogens with zero attached hydrogens (tertiary/aromatic N) is 3. The van der Waals surface area contributed by atoms with Crippen LogP contribution in [0.4, 0.5) is 4.39 Å². The standard InChI is InChI=1S/C13H7ClFN3OS/c14-10-2-1-9(5-11(10)15)18-6-8(7-19)12(17-18)13-16-3-4-20-13/h1-7H. The topological polar surface area (TPSA) is 47.8 Å². The van der Waals surface area contributed by atoms with Gasteiger partial charge in [-0.15, -0.1) is 11.3 Å². The summed E-state index contributed by atoms with van der Waals surface area (Å²) in [6.45, 7) is 0. The first-order valence-corrected chi connectivity index (χ1v) is 6.85. The Bertz CT molecular complexity index is 770. The largest absolute Gasteiger partial charge is 0.298 e. The SMILES string of the molecule is O=Cc1cn(-c2ccc(Cl)c(F)c2)nc1-c1nccs1. The Morgan fingerprint density at radius 1 is 1.40 bits per heavy atom. The molecule has 0 atom stereocenters. The van der Waals surface area contributed by atoms with Crippen LogP contribution in [0.2, 0.25) is 5.02 Å². The maximum atomic E-state index is 13.5. The molecule has 0 aliphatic rings. The number of rotatable bonds is 3. The number of carbonyl (C=O) groups excluding carboxylic acids is 1. The van der Waals surface area contributed by atoms with Crippen molar-refractivity contribution in [2.24, 2.45) is 0 Å². The van der Waals surface area contributed by atoms with Crippen molar-refractivity contribution in [1.82, 2.24) is 14.8 Å². The average Bonchev–Trinajstić information content (AvgIpc) is 3.09. The van der Waals surface area contributed by atoms with Gasteiger partial charge in [0.2, 0.25) is 0 Å². The number of halogens is 2. The molecule has 4 nitrogen and oxygen atoms in total. The van der Waals surface area contributed by atoms with Crippen LogP contribution in [0.15, 0.2) is 36.0 Å². The molecule has 20 heavy (non-hydrogen) atoms. The maximum Gasteiger partial charge on any atom is 0.153 e. The lowest BCUT2D eigenvalue weighted by atomic mass is 10.3. The quantitative estimate of drug-likeness (QED) is 0.695. The van der Waals surface area contributed by atoms with Gasteiger partial charge in [0.1, 0.15) is 16.5 Å². The summed E-state index contributed by atoms with van der Waals surface area (Å²) in [5.41, 5.74) is 1.36. The molecule has 3 rings (SSSR count). The summed E-state index contributed by atoms with van der Waals surface area (Å²) >= 11 is 7.02. The van der Waals surface area contributed by atoms with Gasteiger partial charge in [0.25, 0.3) is 0 Å². The number of hydrogen-bond donors (Lipinski definition) is 0. The van der Waals surface area contributed by atoms with E-state index in [0.717, 1.165) is 0 Å². The van der Waals surface area contributed by atoms with Crippen LogP contribution in [0.1, 0.15) is 10.4 Å². The Morgan fingerprint density at radius 2 is 2.25 bits per heavy atom. The molecule has 1 aromatic carbocycles. The van der Waals surface area contributed by atoms with E-state index in [1.807, 2.05) is 0 Å². The van der Waals surface area contributed by atoms with Gasteiger partial charge in [-0.25, -0.2) is 14.1 Å². The van der Waals surface area contributed by atoms with Gasteiger partial charge in [0, 0.05) is 23.8 Å². The van der Waals surface area contributed by atoms with Crippen LogP contribution in [0.5, 0.6) is 0 Å². The normalized spacial score (nSPS) is 10.7. The van der Waals surface area contributed by atoms with Gasteiger partial charge in [0.05, 0.1) is 16.3 Å². The van der Waals surface area contributed by atoms with Crippen molar-refractivity contribution in [2.45, 2.75) is 0 Å². The molecular weight excluding hydrogens is 301 g/mol. The zero-order valence-electron chi connectivity index (χ0n) is 9.96. The van der Waals surface area contributed by atoms with Crippen LogP contribution in [0, 0.1) is 5.82 Å². The second kappa shape index (κ2) is 5.15. The van der Waals surface area contributed by atoms with Gasteiger partial charge in [-0.3, -0.25) is 4.79 Å². The predicted molar refractivity (Wildman–Crippen MR) is 75.0 cm³/mol. The second-order valence-corrected chi connectivity index (χ2v) is 5.23. The fourth-order valence-electron chi connectivity index (χ4n) is 1.74. The van der Waals surface area contributed by atoms with Crippen molar-refractivity contribution in [3.63, 3.8) is 0 Å². The molecule has 0 fully saturated rings. The molecule has 3 aromatic rings. The fourth-order valence-corrected chi connectivity index (χ4v) is 2.50. The van der Waals surface area contributed by atoms with E-state index in [0.29, 0.717) is 28.2 Å². The first-order valence-electron chi connectivity index (χ1n) is 5.59. The minimum absolute atomic E-state index is 0.0386. The van der Waals surface area contributed by atoms with Gasteiger partial charge in [-0.05, 0) is 12.1 Å². The number of aromatic nitrogens is 3. The van der Waals surface area contributed by atoms with E-state index < -0.39 is 5.82 Å². The van der Waals surface area contributed by atoms with E-state index in [1.165, 1.54) is 34.3 Å². The van der Waals surface area contributed by atoms with E-state index in [1.54, 1.807) is 17.6 Å². The van der Waals surface area contributed by atoms with E-state index in [9.17, 15) is 9.18 Å². The molecule has 0 radical (unpaired) electrons. The van der Waals surface area contributed by atoms with E-state index in [4.69, 9.17) is 11.6 Å². The molecule has 7 heteroatoms. The van der Waals surface area contributed by atoms with E-state index in [-0.39, 0.29) is 5.02 Å². The molecule has 0 aliphatic carbocycles. The summed E-state index contributed by atoms with van der Waals surface area (Å²) in [6.07, 6.45) is 3.87. The van der Waals surface area contributed by atoms with Crippen molar-refractivity contribution in [1.29, 1.82) is 0 Å². The van der Waals surface area contributed by atoms with E-state index in [2.05, 4.69) is 10.1 Å². The first kappa shape index (κ1) is 13.0. The molecule has 2 heterocycles. The lowest BCUT2D eigenvalue weighted by Gasteiger charge is -2.01. The highest BCUT2D eigenvalue weighted by Gasteiger charge is 2.14. The van der Waals surface area contributed by atoms with Crippen LogP contribution in [0.3, 0.4) is 0 Å². The molecule has 2 aromatic heterocycles. The van der Waals surface area contributed by atoms with Crippen LogP contribution in [-0.2, 0) is 0 Å². The molecule has 0 unspecified atom stereocenters. The van der Waals surface area contributed by atoms with Crippen molar-refractivity contribution in [3.05, 3.63) is 52.4 Å². The Labute approximate surface area is 122 Å². The summed E-state index contributed by atoms with van der Waals surface area (Å²) < 4.78 is 14.9. The van der Waals surface area contributed by atoms with Crippen LogP contribution < -0.4 is 0 Å². The fraction of sp³-hybridized carbons (Fsp3) is 0. The van der Waals surface area contributed by atoms with Crippen LogP contribution in [-0.4, -0.2) is 21.1 Å². The summed E-state index contributed by atoms with van der Waals surface area (Å²) in [5, 5.41) is 6.76. The van der Waals surface area contributed by atoms with Gasteiger partial charge in [-0.2, -0.15) is 5.10 Å². The second-order valence-electron chi connectivity index (χ2n) is 3.93. The van der Waals surface area contributed by atoms with Crippen LogP contribution >= 0.6 is 22.9 Å². The number of aldehydes is 1. The van der Waals surface area contributed by atoms with Gasteiger partial charge >= 0.3 is 0 Å². The Hall–Kier alpha value is -2.05. The predicted octanol–water partition coefficient (Wildman–Crippen LogP) is 3.60. The summed E-state index contributed by atoms with van der Waals surface area (Å²) in [5.74, 6) is -0.539. The Balaban J connectivity index is 2.11. The molecular formula is C13H7ClFN3OS. The lowest BCUT2D eigenvalue weighted by molar-refractivity contribution is 0.112. The molecule has 0 N–H and O–H groups in total. The molecule has 0 bridgehead atoms. The molecule has 0 saturated carbocycles. The summed E-state index contributed by atoms with van der Waals surface area (Å²) in [6, 6.07) is 4.33. The third-order valence-corrected chi connectivity index (χ3v) is 3.76. The number of thiazole rings is 1. The van der Waals surface area contributed by atoms with Gasteiger partial charge < -0.3 is 0 Å². The molecule has 0 spiro atoms. The summed E-state index contributed by atoms with van der Waals surface area (Å²) in [7, 11) is 0. The van der Waals surface area contributed by atoms with Crippen molar-refractivity contribution < 1.29 is 9.18 Å². The van der Waals surface area contributed by atoms with Crippen LogP contribution in [0.25, 0.3) is 16.4 Å². The zero-order chi connectivity index (χ0) is 14.1. The monoisotopic (exact) mass is 307 g/mol. The highest BCUT2D eigenvalue weighted by atomic mass is 35.5. The number of carbonyl (C=O) groups is 1.